The van der Waals surface area contributed by atoms with Gasteiger partial charge in [-0.3, -0.25) is 10.1 Å². The molecule has 0 aliphatic rings. The molecular formula is C22H25N5O4. The van der Waals surface area contributed by atoms with Crippen molar-refractivity contribution in [2.75, 3.05) is 5.32 Å². The first-order valence-corrected chi connectivity index (χ1v) is 9.61. The van der Waals surface area contributed by atoms with Gasteiger partial charge in [0.25, 0.3) is 5.91 Å². The molecule has 0 radical (unpaired) electrons. The molecule has 0 fully saturated rings. The molecule has 0 atom stereocenters. The van der Waals surface area contributed by atoms with Crippen LogP contribution in [0.1, 0.15) is 36.7 Å². The third kappa shape index (κ3) is 5.33. The summed E-state index contributed by atoms with van der Waals surface area (Å²) in [6.07, 6.45) is -0.473. The molecule has 3 rings (SSSR count). The quantitative estimate of drug-likeness (QED) is 0.427. The van der Waals surface area contributed by atoms with Crippen LogP contribution in [0.15, 0.2) is 42.5 Å². The van der Waals surface area contributed by atoms with Crippen LogP contribution in [-0.4, -0.2) is 28.6 Å². The molecule has 1 aromatic heterocycles. The standard InChI is InChI=1S/C22H25N5O4/c1-22(2,3)31-21(30)25-11-12-4-6-13(7-5-12)14-8-9-15-16(10-14)26-19(27-20(24)29)17(15)18(23)28/h4-10,26H,11H2,1-3H3,(H2,23,28)(H,25,30)(H3,24,27,29). The van der Waals surface area contributed by atoms with Crippen LogP contribution in [0.25, 0.3) is 22.0 Å². The van der Waals surface area contributed by atoms with Crippen molar-refractivity contribution in [3.05, 3.63) is 53.6 Å². The van der Waals surface area contributed by atoms with Gasteiger partial charge >= 0.3 is 12.1 Å². The van der Waals surface area contributed by atoms with Crippen molar-refractivity contribution in [2.45, 2.75) is 32.9 Å². The highest BCUT2D eigenvalue weighted by Crippen LogP contribution is 2.30. The maximum absolute atomic E-state index is 11.8. The van der Waals surface area contributed by atoms with E-state index in [0.717, 1.165) is 16.7 Å². The molecule has 0 aliphatic heterocycles. The minimum atomic E-state index is -0.801. The van der Waals surface area contributed by atoms with Crippen LogP contribution >= 0.6 is 0 Å². The first-order chi connectivity index (χ1) is 14.5. The van der Waals surface area contributed by atoms with Crippen molar-refractivity contribution >= 4 is 34.8 Å². The van der Waals surface area contributed by atoms with Gasteiger partial charge in [0.05, 0.1) is 5.56 Å². The summed E-state index contributed by atoms with van der Waals surface area (Å²) in [7, 11) is 0. The van der Waals surface area contributed by atoms with Gasteiger partial charge in [0.2, 0.25) is 0 Å². The van der Waals surface area contributed by atoms with Crippen molar-refractivity contribution in [3.63, 3.8) is 0 Å². The lowest BCUT2D eigenvalue weighted by Crippen LogP contribution is -2.32. The number of fused-ring (bicyclic) bond motifs is 1. The minimum absolute atomic E-state index is 0.163. The van der Waals surface area contributed by atoms with Crippen LogP contribution in [0.2, 0.25) is 0 Å². The molecule has 0 saturated carbocycles. The monoisotopic (exact) mass is 423 g/mol. The maximum Gasteiger partial charge on any atom is 0.407 e. The van der Waals surface area contributed by atoms with Crippen LogP contribution in [0, 0.1) is 0 Å². The first-order valence-electron chi connectivity index (χ1n) is 9.61. The van der Waals surface area contributed by atoms with Gasteiger partial charge in [-0.1, -0.05) is 36.4 Å². The van der Waals surface area contributed by atoms with E-state index < -0.39 is 23.6 Å². The van der Waals surface area contributed by atoms with Crippen molar-refractivity contribution in [1.29, 1.82) is 0 Å². The number of aromatic amines is 1. The smallest absolute Gasteiger partial charge is 0.407 e. The lowest BCUT2D eigenvalue weighted by molar-refractivity contribution is 0.0523. The normalized spacial score (nSPS) is 11.2. The third-order valence-corrected chi connectivity index (χ3v) is 4.42. The SMILES string of the molecule is CC(C)(C)OC(=O)NCc1ccc(-c2ccc3c(C(N)=O)c(NC(N)=O)[nH]c3c2)cc1. The Kier molecular flexibility index (Phi) is 5.87. The number of ether oxygens (including phenoxy) is 1. The Morgan fingerprint density at radius 2 is 1.65 bits per heavy atom. The van der Waals surface area contributed by atoms with E-state index in [1.54, 1.807) is 6.07 Å². The van der Waals surface area contributed by atoms with Gasteiger partial charge in [0.15, 0.2) is 0 Å². The molecule has 31 heavy (non-hydrogen) atoms. The highest BCUT2D eigenvalue weighted by molar-refractivity contribution is 6.13. The molecule has 0 aliphatic carbocycles. The lowest BCUT2D eigenvalue weighted by Gasteiger charge is -2.19. The summed E-state index contributed by atoms with van der Waals surface area (Å²) in [4.78, 5) is 37.8. The Morgan fingerprint density at radius 3 is 2.23 bits per heavy atom. The Labute approximate surface area is 179 Å². The zero-order valence-corrected chi connectivity index (χ0v) is 17.5. The molecule has 1 heterocycles. The van der Waals surface area contributed by atoms with Gasteiger partial charge in [-0.25, -0.2) is 9.59 Å². The number of hydrogen-bond donors (Lipinski definition) is 5. The number of aromatic nitrogens is 1. The summed E-state index contributed by atoms with van der Waals surface area (Å²) in [5.74, 6) is -0.514. The van der Waals surface area contributed by atoms with E-state index in [9.17, 15) is 14.4 Å². The van der Waals surface area contributed by atoms with E-state index in [2.05, 4.69) is 15.6 Å². The number of nitrogens with two attached hydrogens (primary N) is 2. The number of urea groups is 1. The van der Waals surface area contributed by atoms with Gasteiger partial charge in [-0.2, -0.15) is 0 Å². The zero-order chi connectivity index (χ0) is 22.8. The van der Waals surface area contributed by atoms with Crippen LogP contribution in [-0.2, 0) is 11.3 Å². The highest BCUT2D eigenvalue weighted by atomic mass is 16.6. The summed E-state index contributed by atoms with van der Waals surface area (Å²) < 4.78 is 5.23. The Morgan fingerprint density at radius 1 is 1.00 bits per heavy atom. The molecule has 9 nitrogen and oxygen atoms in total. The number of alkyl carbamates (subject to hydrolysis) is 1. The van der Waals surface area contributed by atoms with E-state index in [1.165, 1.54) is 0 Å². The fraction of sp³-hybridized carbons (Fsp3) is 0.227. The van der Waals surface area contributed by atoms with Gasteiger partial charge in [-0.15, -0.1) is 0 Å². The summed E-state index contributed by atoms with van der Waals surface area (Å²) in [5.41, 5.74) is 13.6. The maximum atomic E-state index is 11.8. The van der Waals surface area contributed by atoms with E-state index in [4.69, 9.17) is 16.2 Å². The molecule has 3 aromatic rings. The number of hydrogen-bond acceptors (Lipinski definition) is 4. The molecule has 0 spiro atoms. The number of rotatable bonds is 5. The average Bonchev–Trinajstić information content (AvgIpc) is 3.01. The molecule has 2 aromatic carbocycles. The molecule has 9 heteroatoms. The molecule has 162 valence electrons. The second kappa shape index (κ2) is 8.39. The number of primary amides is 2. The highest BCUT2D eigenvalue weighted by Gasteiger charge is 2.18. The van der Waals surface area contributed by atoms with Gasteiger partial charge < -0.3 is 26.5 Å². The fourth-order valence-corrected chi connectivity index (χ4v) is 3.15. The van der Waals surface area contributed by atoms with E-state index in [0.29, 0.717) is 17.4 Å². The summed E-state index contributed by atoms with van der Waals surface area (Å²) in [6.45, 7) is 5.76. The van der Waals surface area contributed by atoms with E-state index in [1.807, 2.05) is 57.2 Å². The predicted molar refractivity (Wildman–Crippen MR) is 119 cm³/mol. The van der Waals surface area contributed by atoms with Crippen molar-refractivity contribution in [1.82, 2.24) is 10.3 Å². The summed E-state index contributed by atoms with van der Waals surface area (Å²) >= 11 is 0. The van der Waals surface area contributed by atoms with Crippen LogP contribution in [0.4, 0.5) is 15.4 Å². The van der Waals surface area contributed by atoms with Crippen molar-refractivity contribution < 1.29 is 19.1 Å². The van der Waals surface area contributed by atoms with Gasteiger partial charge in [-0.05, 0) is 43.5 Å². The zero-order valence-electron chi connectivity index (χ0n) is 17.5. The summed E-state index contributed by atoms with van der Waals surface area (Å²) in [6, 6.07) is 12.3. The van der Waals surface area contributed by atoms with Crippen molar-refractivity contribution in [2.24, 2.45) is 11.5 Å². The fourth-order valence-electron chi connectivity index (χ4n) is 3.15. The molecule has 0 saturated heterocycles. The number of H-pyrrole nitrogens is 1. The second-order valence-electron chi connectivity index (χ2n) is 8.04. The lowest BCUT2D eigenvalue weighted by atomic mass is 10.0. The Hall–Kier alpha value is -4.01. The largest absolute Gasteiger partial charge is 0.444 e. The molecule has 0 bridgehead atoms. The van der Waals surface area contributed by atoms with Crippen LogP contribution in [0.3, 0.4) is 0 Å². The molecular weight excluding hydrogens is 398 g/mol. The minimum Gasteiger partial charge on any atom is -0.444 e. The van der Waals surface area contributed by atoms with Gasteiger partial charge in [0.1, 0.15) is 11.4 Å². The first kappa shape index (κ1) is 21.7. The van der Waals surface area contributed by atoms with Crippen molar-refractivity contribution in [3.8, 4) is 11.1 Å². The Balaban J connectivity index is 1.79. The molecule has 7 N–H and O–H groups in total. The van der Waals surface area contributed by atoms with E-state index >= 15 is 0 Å². The average molecular weight is 423 g/mol. The number of carbonyl (C=O) groups is 3. The summed E-state index contributed by atoms with van der Waals surface area (Å²) in [5, 5.41) is 5.69. The topological polar surface area (TPSA) is 152 Å². The van der Waals surface area contributed by atoms with E-state index in [-0.39, 0.29) is 11.4 Å². The number of nitrogens with one attached hydrogen (secondary N) is 3. The molecule has 4 amide bonds. The molecule has 0 unspecified atom stereocenters. The number of amides is 4. The Bertz CT molecular complexity index is 1140. The third-order valence-electron chi connectivity index (χ3n) is 4.42. The predicted octanol–water partition coefficient (Wildman–Crippen LogP) is 3.45. The number of anilines is 1. The van der Waals surface area contributed by atoms with Crippen LogP contribution in [0.5, 0.6) is 0 Å². The second-order valence-corrected chi connectivity index (χ2v) is 8.04. The van der Waals surface area contributed by atoms with Gasteiger partial charge in [0, 0.05) is 17.4 Å². The van der Waals surface area contributed by atoms with Crippen LogP contribution < -0.4 is 22.1 Å². The number of carbonyl (C=O) groups excluding carboxylic acids is 3. The number of benzene rings is 2.